The monoisotopic (exact) mass is 371 g/mol. The van der Waals surface area contributed by atoms with Crippen molar-refractivity contribution in [2.75, 3.05) is 37.6 Å². The van der Waals surface area contributed by atoms with Gasteiger partial charge in [0.2, 0.25) is 0 Å². The third-order valence-electron chi connectivity index (χ3n) is 5.16. The number of halogens is 1. The van der Waals surface area contributed by atoms with Crippen molar-refractivity contribution in [1.82, 2.24) is 25.0 Å². The molecule has 0 saturated carbocycles. The molecule has 1 aromatic heterocycles. The van der Waals surface area contributed by atoms with Crippen LogP contribution in [0.25, 0.3) is 0 Å². The van der Waals surface area contributed by atoms with Crippen LogP contribution in [0.5, 0.6) is 0 Å². The third kappa shape index (κ3) is 3.89. The van der Waals surface area contributed by atoms with Gasteiger partial charge in [-0.15, -0.1) is 10.2 Å². The Hall–Kier alpha value is -2.64. The molecule has 0 spiro atoms. The van der Waals surface area contributed by atoms with Gasteiger partial charge in [-0.05, 0) is 37.6 Å². The van der Waals surface area contributed by atoms with Crippen molar-refractivity contribution in [2.45, 2.75) is 32.9 Å². The van der Waals surface area contributed by atoms with E-state index in [1.54, 1.807) is 0 Å². The first-order valence-corrected chi connectivity index (χ1v) is 9.69. The molecule has 27 heavy (non-hydrogen) atoms. The molecule has 0 radical (unpaired) electrons. The maximum Gasteiger partial charge on any atom is 0.194 e. The molecule has 0 unspecified atom stereocenters. The molecular weight excluding hydrogens is 345 g/mol. The molecule has 3 heterocycles. The molecule has 0 bridgehead atoms. The molecule has 8 heteroatoms. The lowest BCUT2D eigenvalue weighted by atomic mass is 10.2. The van der Waals surface area contributed by atoms with Crippen molar-refractivity contribution in [3.63, 3.8) is 0 Å². The minimum Gasteiger partial charge on any atom is -0.368 e. The van der Waals surface area contributed by atoms with E-state index >= 15 is 0 Å². The SMILES string of the molecule is CCNC(=NCc1nnc2n1CCC2)N1CCN(c2ccc(F)cc2)CC1. The molecule has 1 fully saturated rings. The number of aryl methyl sites for hydroxylation is 1. The summed E-state index contributed by atoms with van der Waals surface area (Å²) in [6, 6.07) is 6.72. The molecule has 144 valence electrons. The fraction of sp³-hybridized carbons (Fsp3) is 0.526. The Morgan fingerprint density at radius 1 is 1.11 bits per heavy atom. The third-order valence-corrected chi connectivity index (χ3v) is 5.16. The van der Waals surface area contributed by atoms with E-state index < -0.39 is 0 Å². The summed E-state index contributed by atoms with van der Waals surface area (Å²) in [5.74, 6) is 2.76. The Morgan fingerprint density at radius 3 is 2.63 bits per heavy atom. The molecule has 0 atom stereocenters. The summed E-state index contributed by atoms with van der Waals surface area (Å²) < 4.78 is 15.3. The zero-order valence-electron chi connectivity index (χ0n) is 15.7. The lowest BCUT2D eigenvalue weighted by molar-refractivity contribution is 0.372. The van der Waals surface area contributed by atoms with Gasteiger partial charge in [0.25, 0.3) is 0 Å². The van der Waals surface area contributed by atoms with Gasteiger partial charge >= 0.3 is 0 Å². The summed E-state index contributed by atoms with van der Waals surface area (Å²) in [6.45, 7) is 7.98. The summed E-state index contributed by atoms with van der Waals surface area (Å²) in [5, 5.41) is 11.9. The van der Waals surface area contributed by atoms with E-state index in [4.69, 9.17) is 4.99 Å². The molecule has 2 aromatic rings. The number of aromatic nitrogens is 3. The van der Waals surface area contributed by atoms with Gasteiger partial charge < -0.3 is 19.7 Å². The van der Waals surface area contributed by atoms with Crippen molar-refractivity contribution in [3.8, 4) is 0 Å². The number of anilines is 1. The van der Waals surface area contributed by atoms with Crippen LogP contribution in [0.2, 0.25) is 0 Å². The summed E-state index contributed by atoms with van der Waals surface area (Å²) >= 11 is 0. The Bertz CT molecular complexity index is 791. The number of piperazine rings is 1. The fourth-order valence-electron chi connectivity index (χ4n) is 3.73. The highest BCUT2D eigenvalue weighted by Gasteiger charge is 2.21. The number of aliphatic imine (C=N–C) groups is 1. The lowest BCUT2D eigenvalue weighted by Crippen LogP contribution is -2.52. The minimum absolute atomic E-state index is 0.195. The normalized spacial score (nSPS) is 17.3. The van der Waals surface area contributed by atoms with Crippen LogP contribution < -0.4 is 10.2 Å². The van der Waals surface area contributed by atoms with Crippen LogP contribution in [-0.4, -0.2) is 58.3 Å². The van der Waals surface area contributed by atoms with Gasteiger partial charge in [-0.3, -0.25) is 0 Å². The maximum atomic E-state index is 13.1. The highest BCUT2D eigenvalue weighted by atomic mass is 19.1. The van der Waals surface area contributed by atoms with E-state index in [1.165, 1.54) is 12.1 Å². The molecule has 2 aliphatic heterocycles. The summed E-state index contributed by atoms with van der Waals surface area (Å²) in [7, 11) is 0. The zero-order valence-corrected chi connectivity index (χ0v) is 15.7. The topological polar surface area (TPSA) is 61.6 Å². The van der Waals surface area contributed by atoms with Crippen molar-refractivity contribution in [1.29, 1.82) is 0 Å². The van der Waals surface area contributed by atoms with E-state index in [-0.39, 0.29) is 5.82 Å². The highest BCUT2D eigenvalue weighted by Crippen LogP contribution is 2.17. The number of guanidine groups is 1. The molecule has 7 nitrogen and oxygen atoms in total. The Balaban J connectivity index is 1.40. The van der Waals surface area contributed by atoms with Crippen molar-refractivity contribution < 1.29 is 4.39 Å². The lowest BCUT2D eigenvalue weighted by Gasteiger charge is -2.37. The number of hydrogen-bond donors (Lipinski definition) is 1. The smallest absolute Gasteiger partial charge is 0.194 e. The predicted molar refractivity (Wildman–Crippen MR) is 103 cm³/mol. The van der Waals surface area contributed by atoms with Crippen LogP contribution in [0.15, 0.2) is 29.3 Å². The van der Waals surface area contributed by atoms with Crippen LogP contribution >= 0.6 is 0 Å². The van der Waals surface area contributed by atoms with E-state index in [1.807, 2.05) is 12.1 Å². The van der Waals surface area contributed by atoms with Gasteiger partial charge in [0, 0.05) is 51.4 Å². The molecule has 1 saturated heterocycles. The predicted octanol–water partition coefficient (Wildman–Crippen LogP) is 1.65. The maximum absolute atomic E-state index is 13.1. The number of nitrogens with zero attached hydrogens (tertiary/aromatic N) is 6. The van der Waals surface area contributed by atoms with Gasteiger partial charge in [-0.2, -0.15) is 0 Å². The van der Waals surface area contributed by atoms with Crippen LogP contribution in [0, 0.1) is 5.82 Å². The molecular formula is C19H26FN7. The van der Waals surface area contributed by atoms with Crippen LogP contribution in [0.4, 0.5) is 10.1 Å². The molecule has 4 rings (SSSR count). The zero-order chi connectivity index (χ0) is 18.6. The minimum atomic E-state index is -0.195. The van der Waals surface area contributed by atoms with E-state index in [0.29, 0.717) is 6.54 Å². The second kappa shape index (κ2) is 7.94. The Kier molecular flexibility index (Phi) is 5.22. The molecule has 1 N–H and O–H groups in total. The van der Waals surface area contributed by atoms with Gasteiger partial charge in [-0.25, -0.2) is 9.38 Å². The van der Waals surface area contributed by atoms with Crippen LogP contribution in [0.1, 0.15) is 25.0 Å². The quantitative estimate of drug-likeness (QED) is 0.654. The van der Waals surface area contributed by atoms with Gasteiger partial charge in [0.05, 0.1) is 0 Å². The van der Waals surface area contributed by atoms with Crippen molar-refractivity contribution in [3.05, 3.63) is 41.7 Å². The number of hydrogen-bond acceptors (Lipinski definition) is 4. The number of rotatable bonds is 4. The summed E-state index contributed by atoms with van der Waals surface area (Å²) in [6.07, 6.45) is 2.16. The first kappa shape index (κ1) is 17.8. The number of fused-ring (bicyclic) bond motifs is 1. The first-order chi connectivity index (χ1) is 13.2. The average molecular weight is 371 g/mol. The number of benzene rings is 1. The van der Waals surface area contributed by atoms with Gasteiger partial charge in [0.15, 0.2) is 11.8 Å². The molecule has 0 amide bonds. The van der Waals surface area contributed by atoms with Gasteiger partial charge in [0.1, 0.15) is 18.2 Å². The van der Waals surface area contributed by atoms with Crippen LogP contribution in [-0.2, 0) is 19.5 Å². The largest absolute Gasteiger partial charge is 0.368 e. The van der Waals surface area contributed by atoms with Crippen molar-refractivity contribution >= 4 is 11.6 Å². The first-order valence-electron chi connectivity index (χ1n) is 9.69. The number of nitrogens with one attached hydrogen (secondary N) is 1. The fourth-order valence-corrected chi connectivity index (χ4v) is 3.73. The van der Waals surface area contributed by atoms with Crippen LogP contribution in [0.3, 0.4) is 0 Å². The summed E-state index contributed by atoms with van der Waals surface area (Å²) in [4.78, 5) is 9.37. The molecule has 0 aliphatic carbocycles. The molecule has 2 aliphatic rings. The van der Waals surface area contributed by atoms with Gasteiger partial charge in [-0.1, -0.05) is 0 Å². The van der Waals surface area contributed by atoms with E-state index in [0.717, 1.165) is 75.4 Å². The summed E-state index contributed by atoms with van der Waals surface area (Å²) in [5.41, 5.74) is 1.07. The Morgan fingerprint density at radius 2 is 1.89 bits per heavy atom. The second-order valence-electron chi connectivity index (χ2n) is 6.91. The molecule has 1 aromatic carbocycles. The average Bonchev–Trinajstić information content (AvgIpc) is 3.30. The second-order valence-corrected chi connectivity index (χ2v) is 6.91. The van der Waals surface area contributed by atoms with E-state index in [2.05, 4.69) is 36.8 Å². The van der Waals surface area contributed by atoms with E-state index in [9.17, 15) is 4.39 Å². The Labute approximate surface area is 158 Å². The highest BCUT2D eigenvalue weighted by molar-refractivity contribution is 5.80. The van der Waals surface area contributed by atoms with Crippen molar-refractivity contribution in [2.24, 2.45) is 4.99 Å². The standard InChI is InChI=1S/C19H26FN7/c1-2-21-19(22-14-18-24-23-17-4-3-9-27(17)18)26-12-10-25(11-13-26)16-7-5-15(20)6-8-16/h5-8H,2-4,9-14H2,1H3,(H,21,22).